The zero-order valence-electron chi connectivity index (χ0n) is 29.0. The Morgan fingerprint density at radius 2 is 1.17 bits per heavy atom. The summed E-state index contributed by atoms with van der Waals surface area (Å²) in [7, 11) is 0. The van der Waals surface area contributed by atoms with E-state index in [-0.39, 0.29) is 5.60 Å². The summed E-state index contributed by atoms with van der Waals surface area (Å²) in [6.45, 7) is 19.7. The molecule has 0 fully saturated rings. The molecule has 0 spiro atoms. The second-order valence-corrected chi connectivity index (χ2v) is 26.5. The molecule has 41 heavy (non-hydrogen) atoms. The summed E-state index contributed by atoms with van der Waals surface area (Å²) in [5.41, 5.74) is 0.918. The first-order chi connectivity index (χ1) is 19.7. The SMILES string of the molecule is CCC[CH2][Sn]([C]#C[C@@](C)(CCC[C@H](C)CCC[C@H](C)CCCC(C)C)OCc1ccccc1)([CH2]CCC)[CH2]CCC. The molecule has 0 saturated carbocycles. The second kappa shape index (κ2) is 23.0. The molecule has 0 radical (unpaired) electrons. The van der Waals surface area contributed by atoms with Gasteiger partial charge in [0.25, 0.3) is 0 Å². The molecule has 0 aliphatic carbocycles. The number of ether oxygens (including phenoxy) is 1. The number of hydrogen-bond acceptors (Lipinski definition) is 1. The van der Waals surface area contributed by atoms with Gasteiger partial charge < -0.3 is 0 Å². The van der Waals surface area contributed by atoms with Crippen LogP contribution in [0.1, 0.15) is 157 Å². The van der Waals surface area contributed by atoms with Crippen LogP contribution < -0.4 is 0 Å². The van der Waals surface area contributed by atoms with Gasteiger partial charge in [-0.1, -0.05) is 26.7 Å². The van der Waals surface area contributed by atoms with E-state index in [1.807, 2.05) is 0 Å². The molecule has 0 N–H and O–H groups in total. The van der Waals surface area contributed by atoms with Gasteiger partial charge in [-0.25, -0.2) is 0 Å². The third kappa shape index (κ3) is 18.7. The minimum absolute atomic E-state index is 0.340. The van der Waals surface area contributed by atoms with E-state index in [4.69, 9.17) is 4.74 Å². The summed E-state index contributed by atoms with van der Waals surface area (Å²) in [6, 6.07) is 10.7. The van der Waals surface area contributed by atoms with Crippen LogP contribution in [0.25, 0.3) is 0 Å². The molecule has 0 aromatic heterocycles. The molecule has 1 aromatic carbocycles. The van der Waals surface area contributed by atoms with E-state index in [1.165, 1.54) is 109 Å². The maximum atomic E-state index is 6.73. The normalized spacial score (nSPS) is 14.9. The molecule has 0 saturated heterocycles. The second-order valence-electron chi connectivity index (χ2n) is 14.2. The Bertz CT molecular complexity index is 784. The topological polar surface area (TPSA) is 9.23 Å². The molecule has 0 aliphatic rings. The molecule has 0 amide bonds. The Morgan fingerprint density at radius 3 is 1.66 bits per heavy atom. The van der Waals surface area contributed by atoms with Crippen molar-refractivity contribution in [3.8, 4) is 9.86 Å². The van der Waals surface area contributed by atoms with Crippen LogP contribution in [0.15, 0.2) is 30.3 Å². The molecular weight excluding hydrogens is 603 g/mol. The van der Waals surface area contributed by atoms with Crippen LogP contribution in [0, 0.1) is 27.6 Å². The first-order valence-corrected chi connectivity index (χ1v) is 25.4. The summed E-state index contributed by atoms with van der Waals surface area (Å²) in [5, 5.41) is 0. The Hall–Kier alpha value is -0.461. The van der Waals surface area contributed by atoms with Crippen molar-refractivity contribution in [2.45, 2.75) is 177 Å². The predicted molar refractivity (Wildman–Crippen MR) is 187 cm³/mol. The number of rotatable bonds is 24. The average molecular weight is 674 g/mol. The van der Waals surface area contributed by atoms with Gasteiger partial charge in [0.05, 0.1) is 0 Å². The summed E-state index contributed by atoms with van der Waals surface area (Å²) >= 11 is -2.53. The van der Waals surface area contributed by atoms with Crippen molar-refractivity contribution >= 4 is 18.4 Å². The van der Waals surface area contributed by atoms with Crippen LogP contribution in [0.2, 0.25) is 13.3 Å². The van der Waals surface area contributed by atoms with Gasteiger partial charge in [0.2, 0.25) is 0 Å². The van der Waals surface area contributed by atoms with Crippen molar-refractivity contribution < 1.29 is 4.74 Å². The molecule has 0 unspecified atom stereocenters. The molecule has 1 nitrogen and oxygen atoms in total. The van der Waals surface area contributed by atoms with Crippen LogP contribution in [-0.4, -0.2) is 24.0 Å². The Balaban J connectivity index is 2.86. The molecule has 1 rings (SSSR count). The van der Waals surface area contributed by atoms with Crippen molar-refractivity contribution in [2.24, 2.45) is 17.8 Å². The number of unbranched alkanes of at least 4 members (excludes halogenated alkanes) is 3. The van der Waals surface area contributed by atoms with Crippen LogP contribution in [-0.2, 0) is 11.3 Å². The van der Waals surface area contributed by atoms with Crippen molar-refractivity contribution in [1.82, 2.24) is 0 Å². The van der Waals surface area contributed by atoms with E-state index in [9.17, 15) is 0 Å². The fourth-order valence-corrected chi connectivity index (χ4v) is 19.7. The van der Waals surface area contributed by atoms with Gasteiger partial charge in [0, 0.05) is 0 Å². The number of benzene rings is 1. The minimum atomic E-state index is -2.53. The summed E-state index contributed by atoms with van der Waals surface area (Å²) in [6.07, 6.45) is 19.9. The molecular formula is C39H70OSn. The third-order valence-electron chi connectivity index (χ3n) is 9.24. The van der Waals surface area contributed by atoms with Crippen molar-refractivity contribution in [2.75, 3.05) is 0 Å². The molecule has 236 valence electrons. The number of hydrogen-bond donors (Lipinski definition) is 0. The summed E-state index contributed by atoms with van der Waals surface area (Å²) < 4.78 is 15.2. The Morgan fingerprint density at radius 1 is 0.683 bits per heavy atom. The van der Waals surface area contributed by atoms with Crippen LogP contribution in [0.5, 0.6) is 0 Å². The molecule has 3 atom stereocenters. The molecule has 0 aliphatic heterocycles. The standard InChI is InChI=1S/C27H43O.3C4H9.Sn/c1-7-27(6,28-22-26-19-9-8-10-20-26)21-13-18-25(5)17-12-16-24(4)15-11-14-23(2)3;3*1-3-4-2;/h8-10,19-20,23-25H,11-18,21-22H2,2-6H3;3*1,3-4H2,2H3;/t24-,25-,27+;;;;/m1..../s1. The van der Waals surface area contributed by atoms with E-state index in [0.29, 0.717) is 6.61 Å². The fourth-order valence-electron chi connectivity index (χ4n) is 6.13. The summed E-state index contributed by atoms with van der Waals surface area (Å²) in [4.78, 5) is 0. The fraction of sp³-hybridized carbons (Fsp3) is 0.795. The average Bonchev–Trinajstić information content (AvgIpc) is 2.96. The van der Waals surface area contributed by atoms with Gasteiger partial charge in [0.1, 0.15) is 0 Å². The molecule has 0 heterocycles. The van der Waals surface area contributed by atoms with Gasteiger partial charge in [-0.3, -0.25) is 0 Å². The Kier molecular flexibility index (Phi) is 21.6. The molecule has 1 aromatic rings. The van der Waals surface area contributed by atoms with Gasteiger partial charge >= 0.3 is 231 Å². The molecule has 2 heteroatoms. The van der Waals surface area contributed by atoms with Crippen LogP contribution >= 0.6 is 0 Å². The van der Waals surface area contributed by atoms with E-state index in [1.54, 1.807) is 0 Å². The van der Waals surface area contributed by atoms with Crippen LogP contribution in [0.3, 0.4) is 0 Å². The molecule has 0 bridgehead atoms. The first-order valence-electron chi connectivity index (χ1n) is 17.9. The Labute approximate surface area is 262 Å². The third-order valence-corrected chi connectivity index (χ3v) is 22.3. The van der Waals surface area contributed by atoms with E-state index >= 15 is 0 Å². The first kappa shape index (κ1) is 38.6. The van der Waals surface area contributed by atoms with Gasteiger partial charge in [-0.15, -0.1) is 0 Å². The quantitative estimate of drug-likeness (QED) is 0.0784. The maximum absolute atomic E-state index is 6.73. The van der Waals surface area contributed by atoms with Crippen molar-refractivity contribution in [3.63, 3.8) is 0 Å². The summed E-state index contributed by atoms with van der Waals surface area (Å²) in [5.74, 6) is 6.43. The zero-order valence-corrected chi connectivity index (χ0v) is 31.8. The van der Waals surface area contributed by atoms with E-state index < -0.39 is 18.4 Å². The monoisotopic (exact) mass is 674 g/mol. The predicted octanol–water partition coefficient (Wildman–Crippen LogP) is 12.8. The van der Waals surface area contributed by atoms with Gasteiger partial charge in [-0.05, 0) is 5.92 Å². The van der Waals surface area contributed by atoms with Crippen LogP contribution in [0.4, 0.5) is 0 Å². The van der Waals surface area contributed by atoms with Crippen molar-refractivity contribution in [3.05, 3.63) is 35.9 Å². The van der Waals surface area contributed by atoms with Crippen molar-refractivity contribution in [1.29, 1.82) is 0 Å². The zero-order chi connectivity index (χ0) is 30.4. The van der Waals surface area contributed by atoms with E-state index in [2.05, 4.69) is 95.6 Å². The van der Waals surface area contributed by atoms with Gasteiger partial charge in [0.15, 0.2) is 0 Å². The van der Waals surface area contributed by atoms with E-state index in [0.717, 1.165) is 24.2 Å². The van der Waals surface area contributed by atoms with Gasteiger partial charge in [-0.2, -0.15) is 0 Å².